The molecule has 0 spiro atoms. The first kappa shape index (κ1) is 32.6. The first-order valence-corrected chi connectivity index (χ1v) is 14.7. The Hall–Kier alpha value is -9.90. The van der Waals surface area contributed by atoms with Crippen LogP contribution >= 0.6 is 0 Å². The maximum absolute atomic E-state index is 10.4. The molecule has 0 radical (unpaired) electrons. The van der Waals surface area contributed by atoms with Crippen LogP contribution in [0.5, 0.6) is 0 Å². The Kier molecular flexibility index (Phi) is 7.77. The number of nitrogens with zero attached hydrogens (tertiary/aromatic N) is 18. The molecule has 3 aliphatic rings. The van der Waals surface area contributed by atoms with Gasteiger partial charge in [0.1, 0.15) is 22.9 Å². The fourth-order valence-electron chi connectivity index (χ4n) is 5.39. The Labute approximate surface area is 300 Å². The highest BCUT2D eigenvalue weighted by molar-refractivity contribution is 5.78. The van der Waals surface area contributed by atoms with Crippen LogP contribution < -0.4 is 32.1 Å². The lowest BCUT2D eigenvalue weighted by Gasteiger charge is -2.11. The molecule has 18 heteroatoms. The highest BCUT2D eigenvalue weighted by Crippen LogP contribution is 2.30. The van der Waals surface area contributed by atoms with Crippen molar-refractivity contribution >= 4 is 5.69 Å². The molecular formula is C36H6N18. The standard InChI is InChI=1S/C36H6N18/c1-42-24(13-39)34-46-21-8-5-16(19(11-37)27(21)49-34)31-52-32(17-6-9-22-28(20(17)12-38)50-35(47-22)25(14-40)43-2)54-33(53-31)18-7-10-23-30(29(18)45-4)51-36(48-23)26(15-41)44-3/h5-10H/b34-24-,35-25+,36-26+. The van der Waals surface area contributed by atoms with E-state index in [9.17, 15) is 26.3 Å². The smallest absolute Gasteiger partial charge is 0.250 e. The molecule has 0 unspecified atom stereocenters. The van der Waals surface area contributed by atoms with Gasteiger partial charge in [-0.3, -0.25) is 0 Å². The number of fused-ring (bicyclic) bond motifs is 3. The lowest BCUT2D eigenvalue weighted by Crippen LogP contribution is -2.26. The molecule has 3 aliphatic heterocycles. The van der Waals surface area contributed by atoms with E-state index in [0.29, 0.717) is 0 Å². The zero-order valence-electron chi connectivity index (χ0n) is 26.5. The molecule has 0 saturated heterocycles. The Morgan fingerprint density at radius 3 is 1.17 bits per heavy atom. The summed E-state index contributed by atoms with van der Waals surface area (Å²) >= 11 is 0. The van der Waals surface area contributed by atoms with Crippen molar-refractivity contribution in [1.29, 1.82) is 26.3 Å². The van der Waals surface area contributed by atoms with Gasteiger partial charge in [-0.25, -0.2) is 80.1 Å². The molecule has 0 saturated carbocycles. The highest BCUT2D eigenvalue weighted by Gasteiger charge is 2.24. The van der Waals surface area contributed by atoms with Gasteiger partial charge in [0.15, 0.2) is 34.9 Å². The minimum Gasteiger partial charge on any atom is -0.250 e. The summed E-state index contributed by atoms with van der Waals surface area (Å²) in [6.45, 7) is 29.9. The number of hydrogen-bond acceptors (Lipinski definition) is 14. The van der Waals surface area contributed by atoms with Gasteiger partial charge in [0.2, 0.25) is 5.69 Å². The van der Waals surface area contributed by atoms with Gasteiger partial charge in [-0.1, -0.05) is 6.07 Å². The van der Waals surface area contributed by atoms with E-state index < -0.39 is 0 Å². The van der Waals surface area contributed by atoms with Gasteiger partial charge < -0.3 is 0 Å². The quantitative estimate of drug-likeness (QED) is 0.226. The predicted octanol–water partition coefficient (Wildman–Crippen LogP) is 1.76. The number of aromatic nitrogens is 3. The van der Waals surface area contributed by atoms with Crippen molar-refractivity contribution in [3.05, 3.63) is 160 Å². The van der Waals surface area contributed by atoms with Crippen molar-refractivity contribution in [2.45, 2.75) is 0 Å². The largest absolute Gasteiger partial charge is 0.305 e. The minimum absolute atomic E-state index is 0.0557. The molecule has 3 aromatic carbocycles. The summed E-state index contributed by atoms with van der Waals surface area (Å²) in [7, 11) is 0. The second kappa shape index (κ2) is 12.9. The molecule has 0 bridgehead atoms. The SMILES string of the molecule is [C-]#[N+]/C(C#N)=C1/N=c2ccc(-c3nc(-c4ccc5c(c4C#N)=N/C(=C(\C#N)[N+]#[C-])N=5)nc(-c4ccc5c(c4[N+]#[C-])=N/C(=C(\C#N)[N+]#[C-])N=5)n3)c(C#N)c2=N1. The molecule has 0 N–H and O–H groups in total. The van der Waals surface area contributed by atoms with E-state index in [2.05, 4.69) is 76.4 Å². The maximum Gasteiger partial charge on any atom is 0.305 e. The van der Waals surface area contributed by atoms with Crippen LogP contribution in [0.1, 0.15) is 11.1 Å². The van der Waals surface area contributed by atoms with Gasteiger partial charge in [-0.15, -0.1) is 0 Å². The van der Waals surface area contributed by atoms with Crippen LogP contribution in [-0.2, 0) is 0 Å². The number of hydrogen-bond donors (Lipinski definition) is 0. The normalized spacial score (nSPS) is 14.9. The average molecular weight is 691 g/mol. The Morgan fingerprint density at radius 2 is 0.815 bits per heavy atom. The molecule has 0 aliphatic carbocycles. The molecule has 0 fully saturated rings. The summed E-state index contributed by atoms with van der Waals surface area (Å²) in [5, 5.41) is 49.7. The first-order valence-electron chi connectivity index (χ1n) is 14.7. The lowest BCUT2D eigenvalue weighted by molar-refractivity contribution is 1.07. The van der Waals surface area contributed by atoms with E-state index in [1.54, 1.807) is 18.2 Å². The van der Waals surface area contributed by atoms with Crippen LogP contribution in [0.25, 0.3) is 53.5 Å². The molecule has 54 heavy (non-hydrogen) atoms. The van der Waals surface area contributed by atoms with Crippen molar-refractivity contribution < 1.29 is 0 Å². The predicted molar refractivity (Wildman–Crippen MR) is 176 cm³/mol. The van der Waals surface area contributed by atoms with Gasteiger partial charge in [0, 0.05) is 16.7 Å². The van der Waals surface area contributed by atoms with Gasteiger partial charge in [0.05, 0.1) is 77.1 Å². The molecule has 4 aromatic rings. The molecule has 0 atom stereocenters. The molecule has 1 aromatic heterocycles. The van der Waals surface area contributed by atoms with Gasteiger partial charge in [-0.2, -0.15) is 10.5 Å². The van der Waals surface area contributed by atoms with Crippen LogP contribution in [0.15, 0.2) is 101 Å². The summed E-state index contributed by atoms with van der Waals surface area (Å²) in [5.74, 6) is -0.860. The minimum atomic E-state index is -0.382. The topological polar surface area (TPSA) is 249 Å². The second-order valence-electron chi connectivity index (χ2n) is 10.5. The number of benzene rings is 3. The van der Waals surface area contributed by atoms with Crippen LogP contribution in [0.4, 0.5) is 5.69 Å². The van der Waals surface area contributed by atoms with E-state index in [4.69, 9.17) is 26.3 Å². The molecule has 240 valence electrons. The van der Waals surface area contributed by atoms with Crippen molar-refractivity contribution in [3.63, 3.8) is 0 Å². The Bertz CT molecular complexity index is 3010. The highest BCUT2D eigenvalue weighted by atomic mass is 15.1. The zero-order valence-corrected chi connectivity index (χ0v) is 26.5. The van der Waals surface area contributed by atoms with E-state index in [0.717, 1.165) is 0 Å². The maximum atomic E-state index is 10.4. The third-order valence-electron chi connectivity index (χ3n) is 7.76. The van der Waals surface area contributed by atoms with Gasteiger partial charge in [-0.05, 0) is 30.3 Å². The van der Waals surface area contributed by atoms with E-state index in [-0.39, 0.29) is 118 Å². The third kappa shape index (κ3) is 5.01. The molecule has 0 amide bonds. The summed E-state index contributed by atoms with van der Waals surface area (Å²) in [5.41, 5.74) is -0.998. The van der Waals surface area contributed by atoms with Gasteiger partial charge >= 0.3 is 17.1 Å². The Balaban J connectivity index is 1.56. The van der Waals surface area contributed by atoms with Crippen LogP contribution in [0.2, 0.25) is 0 Å². The Morgan fingerprint density at radius 1 is 0.463 bits per heavy atom. The van der Waals surface area contributed by atoms with Crippen molar-refractivity contribution in [2.75, 3.05) is 0 Å². The summed E-state index contributed by atoms with van der Waals surface area (Å²) in [4.78, 5) is 52.5. The molecule has 7 rings (SSSR count). The van der Waals surface area contributed by atoms with Crippen molar-refractivity contribution in [3.8, 4) is 64.5 Å². The first-order chi connectivity index (χ1) is 26.3. The molecule has 18 nitrogen and oxygen atoms in total. The second-order valence-corrected chi connectivity index (χ2v) is 10.5. The molecular weight excluding hydrogens is 685 g/mol. The fraction of sp³-hybridized carbons (Fsp3) is 0. The number of allylic oxidation sites excluding steroid dienone is 3. The van der Waals surface area contributed by atoms with E-state index in [1.807, 2.05) is 0 Å². The van der Waals surface area contributed by atoms with Gasteiger partial charge in [0.25, 0.3) is 0 Å². The number of nitriles is 5. The van der Waals surface area contributed by atoms with Crippen molar-refractivity contribution in [1.82, 2.24) is 15.0 Å². The monoisotopic (exact) mass is 690 g/mol. The lowest BCUT2D eigenvalue weighted by atomic mass is 10.0. The number of rotatable bonds is 3. The zero-order chi connectivity index (χ0) is 38.1. The van der Waals surface area contributed by atoms with Crippen LogP contribution in [0.3, 0.4) is 0 Å². The van der Waals surface area contributed by atoms with Crippen molar-refractivity contribution in [2.24, 2.45) is 30.0 Å². The summed E-state index contributed by atoms with van der Waals surface area (Å²) in [6, 6.07) is 18.3. The summed E-state index contributed by atoms with van der Waals surface area (Å²) < 4.78 is 0. The summed E-state index contributed by atoms with van der Waals surface area (Å²) in [6.07, 6.45) is 0. The van der Waals surface area contributed by atoms with Crippen LogP contribution in [0, 0.1) is 82.9 Å². The average Bonchev–Trinajstić information content (AvgIpc) is 3.95. The van der Waals surface area contributed by atoms with Crippen LogP contribution in [-0.4, -0.2) is 15.0 Å². The third-order valence-corrected chi connectivity index (χ3v) is 7.76. The molecule has 4 heterocycles. The van der Waals surface area contributed by atoms with E-state index in [1.165, 1.54) is 36.4 Å². The van der Waals surface area contributed by atoms with E-state index >= 15 is 0 Å². The fourth-order valence-corrected chi connectivity index (χ4v) is 5.39.